The molecule has 0 aliphatic rings. The van der Waals surface area contributed by atoms with Crippen molar-refractivity contribution in [1.82, 2.24) is 10.3 Å². The Kier molecular flexibility index (Phi) is 7.70. The van der Waals surface area contributed by atoms with Crippen LogP contribution in [0.5, 0.6) is 0 Å². The Balaban J connectivity index is 2.87. The summed E-state index contributed by atoms with van der Waals surface area (Å²) in [5, 5.41) is 4.10. The van der Waals surface area contributed by atoms with E-state index in [1.807, 2.05) is 23.9 Å². The number of nitrogens with zero attached hydrogens (tertiary/aromatic N) is 2. The lowest BCUT2D eigenvalue weighted by molar-refractivity contribution is 0.580. The number of rotatable bonds is 8. The van der Waals surface area contributed by atoms with Crippen LogP contribution in [-0.4, -0.2) is 36.1 Å². The quantitative estimate of drug-likeness (QED) is 0.789. The first-order valence-corrected chi connectivity index (χ1v) is 8.87. The third-order valence-electron chi connectivity index (χ3n) is 3.32. The van der Waals surface area contributed by atoms with Gasteiger partial charge in [-0.25, -0.2) is 4.98 Å². The van der Waals surface area contributed by atoms with E-state index in [2.05, 4.69) is 44.3 Å². The molecule has 1 unspecified atom stereocenters. The molecule has 5 heteroatoms. The highest BCUT2D eigenvalue weighted by atomic mass is 35.5. The first-order chi connectivity index (χ1) is 9.49. The molecule has 1 atom stereocenters. The molecule has 0 saturated heterocycles. The molecule has 3 nitrogen and oxygen atoms in total. The van der Waals surface area contributed by atoms with Crippen LogP contribution in [-0.2, 0) is 6.54 Å². The van der Waals surface area contributed by atoms with Gasteiger partial charge in [0.05, 0.1) is 10.7 Å². The minimum atomic E-state index is 0.425. The van der Waals surface area contributed by atoms with Crippen molar-refractivity contribution in [1.29, 1.82) is 0 Å². The van der Waals surface area contributed by atoms with Crippen LogP contribution in [0.1, 0.15) is 32.9 Å². The molecule has 0 saturated carbocycles. The molecule has 0 amide bonds. The average Bonchev–Trinajstić information content (AvgIpc) is 2.43. The van der Waals surface area contributed by atoms with Gasteiger partial charge in [0.1, 0.15) is 5.82 Å². The maximum Gasteiger partial charge on any atom is 0.128 e. The van der Waals surface area contributed by atoms with Crippen molar-refractivity contribution in [3.05, 3.63) is 22.8 Å². The molecule has 1 rings (SSSR count). The third-order valence-corrected chi connectivity index (χ3v) is 4.38. The van der Waals surface area contributed by atoms with E-state index >= 15 is 0 Å². The predicted octanol–water partition coefficient (Wildman–Crippen LogP) is 3.81. The average molecular weight is 316 g/mol. The van der Waals surface area contributed by atoms with Gasteiger partial charge in [0, 0.05) is 31.4 Å². The Bertz CT molecular complexity index is 412. The summed E-state index contributed by atoms with van der Waals surface area (Å²) < 4.78 is 0. The van der Waals surface area contributed by atoms with Crippen molar-refractivity contribution in [3.63, 3.8) is 0 Å². The van der Waals surface area contributed by atoms with Gasteiger partial charge in [0.25, 0.3) is 0 Å². The highest BCUT2D eigenvalue weighted by Gasteiger charge is 2.15. The van der Waals surface area contributed by atoms with Crippen LogP contribution >= 0.6 is 23.4 Å². The van der Waals surface area contributed by atoms with Crippen LogP contribution in [0.25, 0.3) is 0 Å². The summed E-state index contributed by atoms with van der Waals surface area (Å²) in [7, 11) is 2.11. The standard InChI is InChI=1S/C15H26ClN3S/c1-6-12(10-20-5)19(4)15-8-7-13(16)14(18-15)9-17-11(2)3/h7-8,11-12,17H,6,9-10H2,1-5H3. The molecule has 20 heavy (non-hydrogen) atoms. The second-order valence-corrected chi connectivity index (χ2v) is 6.58. The van der Waals surface area contributed by atoms with E-state index in [1.165, 1.54) is 0 Å². The molecular weight excluding hydrogens is 290 g/mol. The fraction of sp³-hybridized carbons (Fsp3) is 0.667. The van der Waals surface area contributed by atoms with Crippen molar-refractivity contribution in [2.45, 2.75) is 45.8 Å². The fourth-order valence-electron chi connectivity index (χ4n) is 1.98. The Hall–Kier alpha value is -0.450. The minimum absolute atomic E-state index is 0.425. The zero-order chi connectivity index (χ0) is 15.1. The largest absolute Gasteiger partial charge is 0.356 e. The molecule has 1 N–H and O–H groups in total. The number of halogens is 1. The van der Waals surface area contributed by atoms with Crippen LogP contribution < -0.4 is 10.2 Å². The van der Waals surface area contributed by atoms with Gasteiger partial charge in [-0.15, -0.1) is 0 Å². The molecule has 0 spiro atoms. The maximum atomic E-state index is 6.23. The van der Waals surface area contributed by atoms with Crippen molar-refractivity contribution in [2.24, 2.45) is 0 Å². The van der Waals surface area contributed by atoms with Gasteiger partial charge in [-0.3, -0.25) is 0 Å². The lowest BCUT2D eigenvalue weighted by Crippen LogP contribution is -2.34. The van der Waals surface area contributed by atoms with Gasteiger partial charge in [-0.1, -0.05) is 32.4 Å². The lowest BCUT2D eigenvalue weighted by Gasteiger charge is -2.28. The van der Waals surface area contributed by atoms with E-state index in [0.29, 0.717) is 18.6 Å². The number of anilines is 1. The van der Waals surface area contributed by atoms with E-state index in [9.17, 15) is 0 Å². The summed E-state index contributed by atoms with van der Waals surface area (Å²) in [5.41, 5.74) is 0.920. The fourth-order valence-corrected chi connectivity index (χ4v) is 2.99. The van der Waals surface area contributed by atoms with E-state index in [1.54, 1.807) is 0 Å². The maximum absolute atomic E-state index is 6.23. The molecule has 1 aromatic rings. The van der Waals surface area contributed by atoms with Gasteiger partial charge >= 0.3 is 0 Å². The van der Waals surface area contributed by atoms with Gasteiger partial charge in [-0.05, 0) is 24.8 Å². The minimum Gasteiger partial charge on any atom is -0.356 e. The highest BCUT2D eigenvalue weighted by Crippen LogP contribution is 2.21. The molecule has 114 valence electrons. The van der Waals surface area contributed by atoms with E-state index in [-0.39, 0.29) is 0 Å². The van der Waals surface area contributed by atoms with Gasteiger partial charge in [0.2, 0.25) is 0 Å². The normalized spacial score (nSPS) is 12.8. The monoisotopic (exact) mass is 315 g/mol. The molecule has 1 heterocycles. The van der Waals surface area contributed by atoms with Crippen LogP contribution in [0, 0.1) is 0 Å². The van der Waals surface area contributed by atoms with Crippen molar-refractivity contribution in [2.75, 3.05) is 24.0 Å². The second kappa shape index (κ2) is 8.75. The smallest absolute Gasteiger partial charge is 0.128 e. The summed E-state index contributed by atoms with van der Waals surface area (Å²) in [6.45, 7) is 7.16. The number of thioether (sulfide) groups is 1. The zero-order valence-corrected chi connectivity index (χ0v) is 14.7. The number of hydrogen-bond donors (Lipinski definition) is 1. The summed E-state index contributed by atoms with van der Waals surface area (Å²) in [6, 6.07) is 4.88. The van der Waals surface area contributed by atoms with Crippen molar-refractivity contribution in [3.8, 4) is 0 Å². The number of hydrogen-bond acceptors (Lipinski definition) is 4. The molecule has 0 aliphatic carbocycles. The first-order valence-electron chi connectivity index (χ1n) is 7.10. The van der Waals surface area contributed by atoms with E-state index in [0.717, 1.165) is 28.7 Å². The summed E-state index contributed by atoms with van der Waals surface area (Å²) in [4.78, 5) is 6.97. The summed E-state index contributed by atoms with van der Waals surface area (Å²) >= 11 is 8.10. The Morgan fingerprint density at radius 3 is 2.65 bits per heavy atom. The van der Waals surface area contributed by atoms with Crippen LogP contribution in [0.4, 0.5) is 5.82 Å². The molecule has 0 fully saturated rings. The van der Waals surface area contributed by atoms with Crippen LogP contribution in [0.15, 0.2) is 12.1 Å². The topological polar surface area (TPSA) is 28.2 Å². The molecule has 0 bridgehead atoms. The van der Waals surface area contributed by atoms with Crippen molar-refractivity contribution < 1.29 is 0 Å². The SMILES string of the molecule is CCC(CSC)N(C)c1ccc(Cl)c(CNC(C)C)n1. The number of pyridine rings is 1. The van der Waals surface area contributed by atoms with Gasteiger partial charge < -0.3 is 10.2 Å². The Morgan fingerprint density at radius 2 is 2.10 bits per heavy atom. The summed E-state index contributed by atoms with van der Waals surface area (Å²) in [6.07, 6.45) is 3.25. The highest BCUT2D eigenvalue weighted by molar-refractivity contribution is 7.98. The van der Waals surface area contributed by atoms with Gasteiger partial charge in [0.15, 0.2) is 0 Å². The third kappa shape index (κ3) is 5.15. The Labute approximate surface area is 132 Å². The molecule has 0 radical (unpaired) electrons. The predicted molar refractivity (Wildman–Crippen MR) is 92.1 cm³/mol. The molecule has 0 aromatic carbocycles. The van der Waals surface area contributed by atoms with Gasteiger partial charge in [-0.2, -0.15) is 11.8 Å². The number of aromatic nitrogens is 1. The summed E-state index contributed by atoms with van der Waals surface area (Å²) in [5.74, 6) is 2.10. The second-order valence-electron chi connectivity index (χ2n) is 5.26. The van der Waals surface area contributed by atoms with E-state index < -0.39 is 0 Å². The van der Waals surface area contributed by atoms with Crippen LogP contribution in [0.3, 0.4) is 0 Å². The number of nitrogens with one attached hydrogen (secondary N) is 1. The van der Waals surface area contributed by atoms with Crippen molar-refractivity contribution >= 4 is 29.2 Å². The molecule has 0 aliphatic heterocycles. The van der Waals surface area contributed by atoms with Crippen LogP contribution in [0.2, 0.25) is 5.02 Å². The molecular formula is C15H26ClN3S. The lowest BCUT2D eigenvalue weighted by atomic mass is 10.2. The Morgan fingerprint density at radius 1 is 1.40 bits per heavy atom. The van der Waals surface area contributed by atoms with E-state index in [4.69, 9.17) is 16.6 Å². The molecule has 1 aromatic heterocycles. The first kappa shape index (κ1) is 17.6. The zero-order valence-electron chi connectivity index (χ0n) is 13.1.